The second-order valence-electron chi connectivity index (χ2n) is 6.25. The Labute approximate surface area is 159 Å². The van der Waals surface area contributed by atoms with Crippen LogP contribution in [-0.2, 0) is 17.6 Å². The number of para-hydroxylation sites is 1. The van der Waals surface area contributed by atoms with E-state index < -0.39 is 0 Å². The van der Waals surface area contributed by atoms with Gasteiger partial charge in [0.25, 0.3) is 5.91 Å². The zero-order valence-electron chi connectivity index (χ0n) is 15.0. The highest BCUT2D eigenvalue weighted by Gasteiger charge is 2.13. The number of carbonyl (C=O) groups is 2. The van der Waals surface area contributed by atoms with Crippen LogP contribution in [0, 0.1) is 0 Å². The Morgan fingerprint density at radius 1 is 0.704 bits per heavy atom. The first-order valence-electron chi connectivity index (χ1n) is 8.97. The van der Waals surface area contributed by atoms with E-state index in [4.69, 9.17) is 0 Å². The lowest BCUT2D eigenvalue weighted by Crippen LogP contribution is -2.27. The SMILES string of the molecule is O=C(Cc1ccccc1)Nc1ccccc1C(=O)NCCc1ccccc1. The van der Waals surface area contributed by atoms with Crippen LogP contribution in [0.15, 0.2) is 84.9 Å². The van der Waals surface area contributed by atoms with Crippen LogP contribution in [0.25, 0.3) is 0 Å². The summed E-state index contributed by atoms with van der Waals surface area (Å²) in [6.07, 6.45) is 1.03. The highest BCUT2D eigenvalue weighted by Crippen LogP contribution is 2.15. The van der Waals surface area contributed by atoms with E-state index in [0.717, 1.165) is 12.0 Å². The van der Waals surface area contributed by atoms with E-state index in [9.17, 15) is 9.59 Å². The first-order chi connectivity index (χ1) is 13.2. The van der Waals surface area contributed by atoms with E-state index >= 15 is 0 Å². The van der Waals surface area contributed by atoms with Gasteiger partial charge in [0.05, 0.1) is 17.7 Å². The minimum Gasteiger partial charge on any atom is -0.352 e. The van der Waals surface area contributed by atoms with E-state index in [1.54, 1.807) is 24.3 Å². The molecule has 3 rings (SSSR count). The van der Waals surface area contributed by atoms with Gasteiger partial charge in [-0.1, -0.05) is 72.8 Å². The molecule has 0 aromatic heterocycles. The third-order valence-corrected chi connectivity index (χ3v) is 4.20. The summed E-state index contributed by atoms with van der Waals surface area (Å²) in [6, 6.07) is 26.6. The van der Waals surface area contributed by atoms with E-state index in [1.807, 2.05) is 60.7 Å². The first kappa shape index (κ1) is 18.4. The van der Waals surface area contributed by atoms with Crippen LogP contribution < -0.4 is 10.6 Å². The highest BCUT2D eigenvalue weighted by atomic mass is 16.2. The molecule has 2 N–H and O–H groups in total. The average molecular weight is 358 g/mol. The summed E-state index contributed by atoms with van der Waals surface area (Å²) in [5.41, 5.74) is 3.09. The molecular weight excluding hydrogens is 336 g/mol. The fourth-order valence-electron chi connectivity index (χ4n) is 2.83. The highest BCUT2D eigenvalue weighted by molar-refractivity contribution is 6.04. The second kappa shape index (κ2) is 9.34. The molecule has 0 aliphatic carbocycles. The van der Waals surface area contributed by atoms with E-state index in [1.165, 1.54) is 5.56 Å². The zero-order chi connectivity index (χ0) is 18.9. The van der Waals surface area contributed by atoms with Crippen LogP contribution in [0.4, 0.5) is 5.69 Å². The fourth-order valence-corrected chi connectivity index (χ4v) is 2.83. The molecule has 4 nitrogen and oxygen atoms in total. The quantitative estimate of drug-likeness (QED) is 0.674. The lowest BCUT2D eigenvalue weighted by atomic mass is 10.1. The number of anilines is 1. The van der Waals surface area contributed by atoms with Gasteiger partial charge in [0, 0.05) is 6.54 Å². The molecule has 3 aromatic carbocycles. The van der Waals surface area contributed by atoms with Crippen LogP contribution in [0.1, 0.15) is 21.5 Å². The summed E-state index contributed by atoms with van der Waals surface area (Å²) in [7, 11) is 0. The van der Waals surface area contributed by atoms with Crippen molar-refractivity contribution < 1.29 is 9.59 Å². The van der Waals surface area contributed by atoms with Crippen molar-refractivity contribution in [2.24, 2.45) is 0 Å². The lowest BCUT2D eigenvalue weighted by molar-refractivity contribution is -0.115. The van der Waals surface area contributed by atoms with Crippen molar-refractivity contribution >= 4 is 17.5 Å². The molecule has 0 bridgehead atoms. The normalized spacial score (nSPS) is 10.2. The summed E-state index contributed by atoms with van der Waals surface area (Å²) in [5.74, 6) is -0.340. The van der Waals surface area contributed by atoms with Crippen LogP contribution in [0.3, 0.4) is 0 Å². The van der Waals surface area contributed by atoms with Gasteiger partial charge in [-0.3, -0.25) is 9.59 Å². The largest absolute Gasteiger partial charge is 0.352 e. The Hall–Kier alpha value is -3.40. The van der Waals surface area contributed by atoms with Gasteiger partial charge in [-0.05, 0) is 29.7 Å². The van der Waals surface area contributed by atoms with E-state index in [2.05, 4.69) is 10.6 Å². The number of carbonyl (C=O) groups excluding carboxylic acids is 2. The Morgan fingerprint density at radius 2 is 1.30 bits per heavy atom. The predicted molar refractivity (Wildman–Crippen MR) is 108 cm³/mol. The van der Waals surface area contributed by atoms with Crippen molar-refractivity contribution in [3.05, 3.63) is 102 Å². The Bertz CT molecular complexity index is 893. The minimum absolute atomic E-state index is 0.147. The molecule has 0 aliphatic rings. The Morgan fingerprint density at radius 3 is 2.00 bits per heavy atom. The van der Waals surface area contributed by atoms with Crippen molar-refractivity contribution in [1.82, 2.24) is 5.32 Å². The molecule has 0 spiro atoms. The van der Waals surface area contributed by atoms with Crippen molar-refractivity contribution in [1.29, 1.82) is 0 Å². The van der Waals surface area contributed by atoms with Crippen LogP contribution in [0.5, 0.6) is 0 Å². The van der Waals surface area contributed by atoms with Crippen molar-refractivity contribution in [2.75, 3.05) is 11.9 Å². The third kappa shape index (κ3) is 5.54. The first-order valence-corrected chi connectivity index (χ1v) is 8.97. The number of amides is 2. The van der Waals surface area contributed by atoms with Gasteiger partial charge in [0.15, 0.2) is 0 Å². The van der Waals surface area contributed by atoms with Crippen LogP contribution in [0.2, 0.25) is 0 Å². The second-order valence-corrected chi connectivity index (χ2v) is 6.25. The van der Waals surface area contributed by atoms with Crippen LogP contribution in [-0.4, -0.2) is 18.4 Å². The lowest BCUT2D eigenvalue weighted by Gasteiger charge is -2.11. The number of hydrogen-bond acceptors (Lipinski definition) is 2. The van der Waals surface area contributed by atoms with Crippen molar-refractivity contribution in [3.63, 3.8) is 0 Å². The fraction of sp³-hybridized carbons (Fsp3) is 0.130. The number of rotatable bonds is 7. The summed E-state index contributed by atoms with van der Waals surface area (Å²) in [5, 5.41) is 5.77. The zero-order valence-corrected chi connectivity index (χ0v) is 15.0. The summed E-state index contributed by atoms with van der Waals surface area (Å²) in [4.78, 5) is 24.8. The maximum absolute atomic E-state index is 12.5. The van der Waals surface area contributed by atoms with Gasteiger partial charge in [0.1, 0.15) is 0 Å². The molecule has 0 aliphatic heterocycles. The number of nitrogens with one attached hydrogen (secondary N) is 2. The average Bonchev–Trinajstić information content (AvgIpc) is 2.70. The Balaban J connectivity index is 1.59. The van der Waals surface area contributed by atoms with Crippen molar-refractivity contribution in [3.8, 4) is 0 Å². The molecule has 3 aromatic rings. The molecule has 0 unspecified atom stereocenters. The van der Waals surface area contributed by atoms with Crippen LogP contribution >= 0.6 is 0 Å². The molecule has 0 saturated heterocycles. The van der Waals surface area contributed by atoms with E-state index in [0.29, 0.717) is 17.8 Å². The van der Waals surface area contributed by atoms with Crippen molar-refractivity contribution in [2.45, 2.75) is 12.8 Å². The van der Waals surface area contributed by atoms with Gasteiger partial charge in [-0.25, -0.2) is 0 Å². The smallest absolute Gasteiger partial charge is 0.253 e. The molecule has 0 heterocycles. The maximum atomic E-state index is 12.5. The monoisotopic (exact) mass is 358 g/mol. The van der Waals surface area contributed by atoms with Gasteiger partial charge in [0.2, 0.25) is 5.91 Å². The van der Waals surface area contributed by atoms with E-state index in [-0.39, 0.29) is 18.2 Å². The predicted octanol–water partition coefficient (Wildman–Crippen LogP) is 3.84. The molecule has 136 valence electrons. The van der Waals surface area contributed by atoms with Gasteiger partial charge < -0.3 is 10.6 Å². The summed E-state index contributed by atoms with van der Waals surface area (Å²) in [6.45, 7) is 0.537. The van der Waals surface area contributed by atoms with Gasteiger partial charge in [-0.2, -0.15) is 0 Å². The molecule has 0 atom stereocenters. The molecule has 0 saturated carbocycles. The van der Waals surface area contributed by atoms with Gasteiger partial charge >= 0.3 is 0 Å². The maximum Gasteiger partial charge on any atom is 0.253 e. The standard InChI is InChI=1S/C23H22N2O2/c26-22(17-19-11-5-2-6-12-19)25-21-14-8-7-13-20(21)23(27)24-16-15-18-9-3-1-4-10-18/h1-14H,15-17H2,(H,24,27)(H,25,26). The molecule has 0 fully saturated rings. The summed E-state index contributed by atoms with van der Waals surface area (Å²) < 4.78 is 0. The molecular formula is C23H22N2O2. The number of hydrogen-bond donors (Lipinski definition) is 2. The minimum atomic E-state index is -0.193. The Kier molecular flexibility index (Phi) is 6.36. The molecule has 2 amide bonds. The third-order valence-electron chi connectivity index (χ3n) is 4.20. The molecule has 27 heavy (non-hydrogen) atoms. The molecule has 0 radical (unpaired) electrons. The molecule has 4 heteroatoms. The van der Waals surface area contributed by atoms with Gasteiger partial charge in [-0.15, -0.1) is 0 Å². The number of benzene rings is 3. The topological polar surface area (TPSA) is 58.2 Å². The summed E-state index contributed by atoms with van der Waals surface area (Å²) >= 11 is 0.